The van der Waals surface area contributed by atoms with Crippen molar-refractivity contribution in [3.8, 4) is 0 Å². The summed E-state index contributed by atoms with van der Waals surface area (Å²) < 4.78 is 5.60. The number of nitrogens with one attached hydrogen (secondary N) is 2. The number of carbonyl (C=O) groups excluding carboxylic acids is 1. The van der Waals surface area contributed by atoms with Crippen LogP contribution in [0.3, 0.4) is 0 Å². The number of aliphatic hydroxyl groups is 1. The third-order valence-corrected chi connectivity index (χ3v) is 4.84. The lowest BCUT2D eigenvalue weighted by atomic mass is 10.0. The molecular weight excluding hydrogens is 358 g/mol. The monoisotopic (exact) mass is 381 g/mol. The lowest BCUT2D eigenvalue weighted by Gasteiger charge is -2.31. The Morgan fingerprint density at radius 3 is 3.14 bits per heavy atom. The highest BCUT2D eigenvalue weighted by atomic mass is 16.5. The van der Waals surface area contributed by atoms with Crippen molar-refractivity contribution in [3.63, 3.8) is 0 Å². The number of aromatic nitrogens is 3. The highest BCUT2D eigenvalue weighted by molar-refractivity contribution is 5.91. The maximum Gasteiger partial charge on any atom is 0.271 e. The van der Waals surface area contributed by atoms with Gasteiger partial charge in [0.2, 0.25) is 0 Å². The van der Waals surface area contributed by atoms with Crippen molar-refractivity contribution in [2.75, 3.05) is 32.8 Å². The third-order valence-electron chi connectivity index (χ3n) is 4.84. The van der Waals surface area contributed by atoms with Crippen molar-refractivity contribution >= 4 is 16.8 Å². The van der Waals surface area contributed by atoms with Gasteiger partial charge in [-0.15, -0.1) is 0 Å². The van der Waals surface area contributed by atoms with Crippen LogP contribution in [0.15, 0.2) is 49.1 Å². The molecule has 0 radical (unpaired) electrons. The quantitative estimate of drug-likeness (QED) is 0.608. The summed E-state index contributed by atoms with van der Waals surface area (Å²) in [5.41, 5.74) is 1.29. The standard InChI is InChI=1S/C20H23N5O3/c26-19(18-10-21-5-6-23-18)24-12-20(27)13-25(7-8-28-14-20)11-15-1-2-16-3-4-22-17(16)9-15/h1-6,9-10,22,27H,7-8,11-14H2,(H,24,26). The van der Waals surface area contributed by atoms with E-state index in [0.717, 1.165) is 11.1 Å². The molecule has 4 rings (SSSR count). The van der Waals surface area contributed by atoms with Gasteiger partial charge in [0.25, 0.3) is 5.91 Å². The molecule has 1 aromatic carbocycles. The van der Waals surface area contributed by atoms with E-state index in [9.17, 15) is 9.90 Å². The number of fused-ring (bicyclic) bond motifs is 1. The lowest BCUT2D eigenvalue weighted by molar-refractivity contribution is -0.0345. The molecule has 1 unspecified atom stereocenters. The molecule has 3 N–H and O–H groups in total. The van der Waals surface area contributed by atoms with E-state index in [-0.39, 0.29) is 24.8 Å². The largest absolute Gasteiger partial charge is 0.384 e. The lowest BCUT2D eigenvalue weighted by Crippen LogP contribution is -2.52. The molecule has 3 aromatic rings. The van der Waals surface area contributed by atoms with Crippen LogP contribution in [0.4, 0.5) is 0 Å². The SMILES string of the molecule is O=C(NCC1(O)COCCN(Cc2ccc3cc[nH]c3c2)C1)c1cnccn1. The van der Waals surface area contributed by atoms with E-state index in [1.807, 2.05) is 12.3 Å². The molecule has 1 aliphatic rings. The average Bonchev–Trinajstić information content (AvgIpc) is 3.10. The summed E-state index contributed by atoms with van der Waals surface area (Å²) in [4.78, 5) is 25.4. The van der Waals surface area contributed by atoms with Gasteiger partial charge in [0.05, 0.1) is 26.0 Å². The van der Waals surface area contributed by atoms with Gasteiger partial charge in [-0.05, 0) is 23.1 Å². The highest BCUT2D eigenvalue weighted by Gasteiger charge is 2.33. The van der Waals surface area contributed by atoms with Gasteiger partial charge in [0.15, 0.2) is 0 Å². The van der Waals surface area contributed by atoms with Crippen LogP contribution in [0, 0.1) is 0 Å². The first-order chi connectivity index (χ1) is 13.6. The molecule has 0 spiro atoms. The first kappa shape index (κ1) is 18.5. The third kappa shape index (κ3) is 4.36. The second-order valence-corrected chi connectivity index (χ2v) is 7.16. The molecule has 0 bridgehead atoms. The van der Waals surface area contributed by atoms with Crippen LogP contribution < -0.4 is 5.32 Å². The number of carbonyl (C=O) groups is 1. The normalized spacial score (nSPS) is 20.8. The summed E-state index contributed by atoms with van der Waals surface area (Å²) in [6.07, 6.45) is 6.28. The predicted octanol–water partition coefficient (Wildman–Crippen LogP) is 0.951. The number of H-pyrrole nitrogens is 1. The fourth-order valence-corrected chi connectivity index (χ4v) is 3.44. The zero-order valence-corrected chi connectivity index (χ0v) is 15.5. The van der Waals surface area contributed by atoms with Crippen molar-refractivity contribution in [2.45, 2.75) is 12.1 Å². The molecule has 1 aliphatic heterocycles. The second kappa shape index (κ2) is 8.05. The molecule has 28 heavy (non-hydrogen) atoms. The molecule has 3 heterocycles. The molecule has 0 saturated carbocycles. The van der Waals surface area contributed by atoms with Crippen LogP contribution in [0.1, 0.15) is 16.1 Å². The van der Waals surface area contributed by atoms with Gasteiger partial charge in [-0.3, -0.25) is 14.7 Å². The molecule has 8 heteroatoms. The number of hydrogen-bond acceptors (Lipinski definition) is 6. The van der Waals surface area contributed by atoms with Gasteiger partial charge >= 0.3 is 0 Å². The topological polar surface area (TPSA) is 103 Å². The molecule has 1 saturated heterocycles. The Morgan fingerprint density at radius 1 is 1.36 bits per heavy atom. The van der Waals surface area contributed by atoms with Gasteiger partial charge < -0.3 is 20.1 Å². The van der Waals surface area contributed by atoms with Crippen molar-refractivity contribution < 1.29 is 14.6 Å². The van der Waals surface area contributed by atoms with Gasteiger partial charge in [-0.2, -0.15) is 0 Å². The first-order valence-corrected chi connectivity index (χ1v) is 9.24. The molecule has 146 valence electrons. The van der Waals surface area contributed by atoms with E-state index < -0.39 is 5.60 Å². The van der Waals surface area contributed by atoms with E-state index in [4.69, 9.17) is 4.74 Å². The Bertz CT molecular complexity index is 945. The zero-order valence-electron chi connectivity index (χ0n) is 15.5. The van der Waals surface area contributed by atoms with Crippen LogP contribution in [0.2, 0.25) is 0 Å². The predicted molar refractivity (Wildman–Crippen MR) is 104 cm³/mol. The summed E-state index contributed by atoms with van der Waals surface area (Å²) >= 11 is 0. The van der Waals surface area contributed by atoms with Crippen LogP contribution in [0.5, 0.6) is 0 Å². The summed E-state index contributed by atoms with van der Waals surface area (Å²) in [5, 5.41) is 14.9. The Kier molecular flexibility index (Phi) is 5.34. The number of rotatable bonds is 5. The smallest absolute Gasteiger partial charge is 0.271 e. The van der Waals surface area contributed by atoms with Crippen molar-refractivity contribution in [1.82, 2.24) is 25.2 Å². The second-order valence-electron chi connectivity index (χ2n) is 7.16. The Labute approximate surface area is 162 Å². The minimum absolute atomic E-state index is 0.0779. The molecule has 8 nitrogen and oxygen atoms in total. The number of ether oxygens (including phenoxy) is 1. The van der Waals surface area contributed by atoms with Gasteiger partial charge in [-0.25, -0.2) is 4.98 Å². The summed E-state index contributed by atoms with van der Waals surface area (Å²) in [7, 11) is 0. The van der Waals surface area contributed by atoms with E-state index in [0.29, 0.717) is 26.2 Å². The summed E-state index contributed by atoms with van der Waals surface area (Å²) in [6.45, 7) is 2.58. The maximum absolute atomic E-state index is 12.2. The maximum atomic E-state index is 12.2. The Balaban J connectivity index is 1.40. The number of aromatic amines is 1. The summed E-state index contributed by atoms with van der Waals surface area (Å²) in [5.74, 6) is -0.366. The molecule has 0 aliphatic carbocycles. The van der Waals surface area contributed by atoms with Crippen LogP contribution in [-0.4, -0.2) is 69.3 Å². The van der Waals surface area contributed by atoms with Gasteiger partial charge in [0.1, 0.15) is 11.3 Å². The first-order valence-electron chi connectivity index (χ1n) is 9.24. The molecule has 1 fully saturated rings. The average molecular weight is 381 g/mol. The highest BCUT2D eigenvalue weighted by Crippen LogP contribution is 2.18. The molecule has 2 aromatic heterocycles. The van der Waals surface area contributed by atoms with Crippen LogP contribution >= 0.6 is 0 Å². The van der Waals surface area contributed by atoms with Crippen molar-refractivity contribution in [2.24, 2.45) is 0 Å². The van der Waals surface area contributed by atoms with Crippen molar-refractivity contribution in [3.05, 3.63) is 60.3 Å². The minimum Gasteiger partial charge on any atom is -0.384 e. The van der Waals surface area contributed by atoms with E-state index >= 15 is 0 Å². The minimum atomic E-state index is -1.18. The Morgan fingerprint density at radius 2 is 2.29 bits per heavy atom. The molecule has 1 amide bonds. The van der Waals surface area contributed by atoms with Crippen LogP contribution in [0.25, 0.3) is 10.9 Å². The number of nitrogens with zero attached hydrogens (tertiary/aromatic N) is 3. The fraction of sp³-hybridized carbons (Fsp3) is 0.350. The van der Waals surface area contributed by atoms with Crippen molar-refractivity contribution in [1.29, 1.82) is 0 Å². The molecular formula is C20H23N5O3. The Hall–Kier alpha value is -2.81. The number of amides is 1. The van der Waals surface area contributed by atoms with Crippen LogP contribution in [-0.2, 0) is 11.3 Å². The van der Waals surface area contributed by atoms with Gasteiger partial charge in [0, 0.05) is 43.7 Å². The zero-order chi connectivity index (χ0) is 19.4. The summed E-state index contributed by atoms with van der Waals surface area (Å²) in [6, 6.07) is 8.34. The number of benzene rings is 1. The molecule has 1 atom stereocenters. The van der Waals surface area contributed by atoms with E-state index in [2.05, 4.69) is 43.4 Å². The van der Waals surface area contributed by atoms with E-state index in [1.165, 1.54) is 24.0 Å². The van der Waals surface area contributed by atoms with Gasteiger partial charge in [-0.1, -0.05) is 12.1 Å². The fourth-order valence-electron chi connectivity index (χ4n) is 3.44. The number of hydrogen-bond donors (Lipinski definition) is 3. The number of β-amino-alcohol motifs (C(OH)–C–C–N with tert-alkyl or cyclic N) is 1. The van der Waals surface area contributed by atoms with E-state index in [1.54, 1.807) is 0 Å².